The summed E-state index contributed by atoms with van der Waals surface area (Å²) in [6.45, 7) is 4.05. The van der Waals surface area contributed by atoms with Crippen LogP contribution in [0.2, 0.25) is 0 Å². The normalized spacial score (nSPS) is 18.6. The molecule has 1 aromatic heterocycles. The second-order valence-electron chi connectivity index (χ2n) is 5.87. The van der Waals surface area contributed by atoms with Crippen molar-refractivity contribution in [1.29, 1.82) is 0 Å². The van der Waals surface area contributed by atoms with Crippen LogP contribution in [-0.4, -0.2) is 37.9 Å². The van der Waals surface area contributed by atoms with Gasteiger partial charge in [-0.05, 0) is 36.2 Å². The fraction of sp³-hybridized carbons (Fsp3) is 0.421. The van der Waals surface area contributed by atoms with Crippen LogP contribution in [0.4, 0.5) is 4.39 Å². The van der Waals surface area contributed by atoms with Crippen molar-refractivity contribution >= 4 is 0 Å². The summed E-state index contributed by atoms with van der Waals surface area (Å²) in [4.78, 5) is 4.45. The fourth-order valence-electron chi connectivity index (χ4n) is 2.87. The smallest absolute Gasteiger partial charge is 0.197 e. The molecular weight excluding hydrogens is 323 g/mol. The summed E-state index contributed by atoms with van der Waals surface area (Å²) < 4.78 is 31.5. The van der Waals surface area contributed by atoms with Crippen molar-refractivity contribution in [2.45, 2.75) is 25.6 Å². The number of rotatable bonds is 6. The zero-order valence-corrected chi connectivity index (χ0v) is 14.5. The molecule has 1 fully saturated rings. The van der Waals surface area contributed by atoms with Crippen molar-refractivity contribution in [2.75, 3.05) is 26.8 Å². The SMILES string of the molecule is CCc1ccnc(C(Oc2c(F)cccc2OC)[C@@H]2CNCCO2)c1. The van der Waals surface area contributed by atoms with Gasteiger partial charge in [0.25, 0.3) is 0 Å². The second-order valence-corrected chi connectivity index (χ2v) is 5.87. The van der Waals surface area contributed by atoms with Crippen molar-refractivity contribution in [2.24, 2.45) is 0 Å². The predicted octanol–water partition coefficient (Wildman–Crippen LogP) is 2.90. The number of nitrogens with zero attached hydrogens (tertiary/aromatic N) is 1. The standard InChI is InChI=1S/C19H23FN2O3/c1-3-13-7-8-22-15(11-13)19(17-12-21-9-10-24-17)25-18-14(20)5-4-6-16(18)23-2/h4-8,11,17,19,21H,3,9-10,12H2,1-2H3/t17-,19?/m0/s1. The highest BCUT2D eigenvalue weighted by molar-refractivity contribution is 5.41. The van der Waals surface area contributed by atoms with E-state index in [-0.39, 0.29) is 11.9 Å². The number of methoxy groups -OCH3 is 1. The minimum Gasteiger partial charge on any atom is -0.493 e. The van der Waals surface area contributed by atoms with Crippen LogP contribution in [-0.2, 0) is 11.2 Å². The minimum atomic E-state index is -0.537. The lowest BCUT2D eigenvalue weighted by molar-refractivity contribution is -0.0463. The van der Waals surface area contributed by atoms with Crippen LogP contribution in [0, 0.1) is 5.82 Å². The quantitative estimate of drug-likeness (QED) is 0.872. The summed E-state index contributed by atoms with van der Waals surface area (Å²) in [5.41, 5.74) is 1.86. The Kier molecular flexibility index (Phi) is 5.83. The third-order valence-electron chi connectivity index (χ3n) is 4.23. The number of pyridine rings is 1. The number of hydrogen-bond acceptors (Lipinski definition) is 5. The maximum Gasteiger partial charge on any atom is 0.197 e. The zero-order valence-electron chi connectivity index (χ0n) is 14.5. The summed E-state index contributed by atoms with van der Waals surface area (Å²) in [6.07, 6.45) is 1.83. The van der Waals surface area contributed by atoms with Gasteiger partial charge in [-0.1, -0.05) is 13.0 Å². The van der Waals surface area contributed by atoms with Crippen LogP contribution in [0.15, 0.2) is 36.5 Å². The Morgan fingerprint density at radius 1 is 1.40 bits per heavy atom. The highest BCUT2D eigenvalue weighted by atomic mass is 19.1. The zero-order chi connectivity index (χ0) is 17.6. The van der Waals surface area contributed by atoms with Gasteiger partial charge in [0, 0.05) is 19.3 Å². The Bertz CT molecular complexity index is 705. The van der Waals surface area contributed by atoms with Gasteiger partial charge < -0.3 is 19.5 Å². The van der Waals surface area contributed by atoms with Crippen molar-refractivity contribution in [3.63, 3.8) is 0 Å². The van der Waals surface area contributed by atoms with E-state index in [2.05, 4.69) is 17.2 Å². The molecule has 0 bridgehead atoms. The van der Waals surface area contributed by atoms with E-state index in [0.29, 0.717) is 18.9 Å². The molecule has 2 heterocycles. The van der Waals surface area contributed by atoms with Crippen LogP contribution in [0.5, 0.6) is 11.5 Å². The molecule has 0 amide bonds. The monoisotopic (exact) mass is 346 g/mol. The summed E-state index contributed by atoms with van der Waals surface area (Å²) in [5.74, 6) is -0.0481. The number of aromatic nitrogens is 1. The number of benzene rings is 1. The Balaban J connectivity index is 1.96. The molecule has 25 heavy (non-hydrogen) atoms. The van der Waals surface area contributed by atoms with Crippen molar-refractivity contribution in [3.8, 4) is 11.5 Å². The molecule has 1 saturated heterocycles. The molecule has 6 heteroatoms. The lowest BCUT2D eigenvalue weighted by atomic mass is 10.1. The number of nitrogens with one attached hydrogen (secondary N) is 1. The summed E-state index contributed by atoms with van der Waals surface area (Å²) in [5, 5.41) is 3.28. The number of morpholine rings is 1. The van der Waals surface area contributed by atoms with Gasteiger partial charge in [-0.15, -0.1) is 0 Å². The van der Waals surface area contributed by atoms with Crippen LogP contribution in [0.25, 0.3) is 0 Å². The minimum absolute atomic E-state index is 0.0767. The van der Waals surface area contributed by atoms with E-state index in [9.17, 15) is 4.39 Å². The molecule has 0 spiro atoms. The first kappa shape index (κ1) is 17.6. The van der Waals surface area contributed by atoms with E-state index in [4.69, 9.17) is 14.2 Å². The average Bonchev–Trinajstić information content (AvgIpc) is 2.67. The molecule has 0 saturated carbocycles. The van der Waals surface area contributed by atoms with Crippen molar-refractivity contribution in [1.82, 2.24) is 10.3 Å². The lowest BCUT2D eigenvalue weighted by Crippen LogP contribution is -2.43. The summed E-state index contributed by atoms with van der Waals surface area (Å²) >= 11 is 0. The van der Waals surface area contributed by atoms with Gasteiger partial charge in [0.1, 0.15) is 6.10 Å². The molecule has 0 aliphatic carbocycles. The van der Waals surface area contributed by atoms with Gasteiger partial charge in [-0.2, -0.15) is 0 Å². The van der Waals surface area contributed by atoms with Gasteiger partial charge in [0.05, 0.1) is 19.4 Å². The van der Waals surface area contributed by atoms with Crippen molar-refractivity contribution in [3.05, 3.63) is 53.6 Å². The van der Waals surface area contributed by atoms with E-state index in [1.165, 1.54) is 13.2 Å². The third-order valence-corrected chi connectivity index (χ3v) is 4.23. The average molecular weight is 346 g/mol. The maximum atomic E-state index is 14.3. The van der Waals surface area contributed by atoms with E-state index in [0.717, 1.165) is 24.2 Å². The van der Waals surface area contributed by atoms with E-state index in [1.807, 2.05) is 12.1 Å². The highest BCUT2D eigenvalue weighted by Gasteiger charge is 2.31. The van der Waals surface area contributed by atoms with Crippen LogP contribution in [0.1, 0.15) is 24.3 Å². The third kappa shape index (κ3) is 4.08. The number of para-hydroxylation sites is 1. The van der Waals surface area contributed by atoms with Gasteiger partial charge in [0.15, 0.2) is 23.4 Å². The first-order valence-electron chi connectivity index (χ1n) is 8.49. The van der Waals surface area contributed by atoms with Gasteiger partial charge in [-0.25, -0.2) is 4.39 Å². The lowest BCUT2D eigenvalue weighted by Gasteiger charge is -2.31. The number of aryl methyl sites for hydroxylation is 1. The second kappa shape index (κ2) is 8.27. The summed E-state index contributed by atoms with van der Waals surface area (Å²) in [6, 6.07) is 8.56. The highest BCUT2D eigenvalue weighted by Crippen LogP contribution is 2.35. The predicted molar refractivity (Wildman–Crippen MR) is 92.5 cm³/mol. The van der Waals surface area contributed by atoms with Gasteiger partial charge in [-0.3, -0.25) is 4.98 Å². The number of ether oxygens (including phenoxy) is 3. The molecule has 0 radical (unpaired) electrons. The Hall–Kier alpha value is -2.18. The Morgan fingerprint density at radius 3 is 3.00 bits per heavy atom. The summed E-state index contributed by atoms with van der Waals surface area (Å²) in [7, 11) is 1.49. The molecular formula is C19H23FN2O3. The molecule has 5 nitrogen and oxygen atoms in total. The maximum absolute atomic E-state index is 14.3. The number of hydrogen-bond donors (Lipinski definition) is 1. The number of halogens is 1. The molecule has 1 N–H and O–H groups in total. The Morgan fingerprint density at radius 2 is 2.28 bits per heavy atom. The molecule has 1 unspecified atom stereocenters. The topological polar surface area (TPSA) is 52.6 Å². The largest absolute Gasteiger partial charge is 0.493 e. The first-order chi connectivity index (χ1) is 12.2. The van der Waals surface area contributed by atoms with E-state index in [1.54, 1.807) is 18.3 Å². The van der Waals surface area contributed by atoms with Crippen molar-refractivity contribution < 1.29 is 18.6 Å². The van der Waals surface area contributed by atoms with Gasteiger partial charge in [0.2, 0.25) is 0 Å². The molecule has 134 valence electrons. The molecule has 1 aliphatic heterocycles. The Labute approximate surface area is 147 Å². The fourth-order valence-corrected chi connectivity index (χ4v) is 2.87. The molecule has 1 aromatic carbocycles. The molecule has 2 aromatic rings. The van der Waals surface area contributed by atoms with E-state index >= 15 is 0 Å². The van der Waals surface area contributed by atoms with E-state index < -0.39 is 11.9 Å². The van der Waals surface area contributed by atoms with Gasteiger partial charge >= 0.3 is 0 Å². The van der Waals surface area contributed by atoms with Crippen LogP contribution < -0.4 is 14.8 Å². The molecule has 1 aliphatic rings. The first-order valence-corrected chi connectivity index (χ1v) is 8.49. The van der Waals surface area contributed by atoms with Crippen LogP contribution in [0.3, 0.4) is 0 Å². The van der Waals surface area contributed by atoms with Crippen LogP contribution >= 0.6 is 0 Å². The molecule has 2 atom stereocenters. The molecule has 3 rings (SSSR count).